The lowest BCUT2D eigenvalue weighted by Gasteiger charge is -2.07. The zero-order chi connectivity index (χ0) is 13.4. The first-order valence-corrected chi connectivity index (χ1v) is 5.97. The summed E-state index contributed by atoms with van der Waals surface area (Å²) in [6.07, 6.45) is 1.51. The Kier molecular flexibility index (Phi) is 6.67. The van der Waals surface area contributed by atoms with Gasteiger partial charge in [-0.1, -0.05) is 13.8 Å². The molecular formula is C12H19F2N3O. The molecule has 0 aliphatic carbocycles. The predicted molar refractivity (Wildman–Crippen MR) is 64.5 cm³/mol. The smallest absolute Gasteiger partial charge is 0.261 e. The third kappa shape index (κ3) is 6.56. The first-order chi connectivity index (χ1) is 8.58. The van der Waals surface area contributed by atoms with Crippen LogP contribution in [0.4, 0.5) is 8.78 Å². The van der Waals surface area contributed by atoms with E-state index < -0.39 is 13.0 Å². The summed E-state index contributed by atoms with van der Waals surface area (Å²) in [4.78, 5) is 8.31. The van der Waals surface area contributed by atoms with Crippen LogP contribution in [0.15, 0.2) is 12.4 Å². The van der Waals surface area contributed by atoms with E-state index in [1.807, 2.05) is 0 Å². The van der Waals surface area contributed by atoms with Gasteiger partial charge in [0.25, 0.3) is 6.43 Å². The molecule has 0 atom stereocenters. The van der Waals surface area contributed by atoms with E-state index in [1.54, 1.807) is 12.4 Å². The van der Waals surface area contributed by atoms with Gasteiger partial charge >= 0.3 is 0 Å². The molecule has 0 aliphatic rings. The Morgan fingerprint density at radius 1 is 1.28 bits per heavy atom. The average molecular weight is 259 g/mol. The average Bonchev–Trinajstić information content (AvgIpc) is 2.33. The van der Waals surface area contributed by atoms with Crippen LogP contribution < -0.4 is 5.32 Å². The van der Waals surface area contributed by atoms with Gasteiger partial charge in [-0.3, -0.25) is 0 Å². The number of nitrogens with zero attached hydrogens (tertiary/aromatic N) is 2. The van der Waals surface area contributed by atoms with Crippen molar-refractivity contribution in [2.45, 2.75) is 39.3 Å². The molecule has 18 heavy (non-hydrogen) atoms. The minimum absolute atomic E-state index is 0.216. The number of aromatic nitrogens is 2. The highest BCUT2D eigenvalue weighted by Crippen LogP contribution is 1.99. The van der Waals surface area contributed by atoms with Gasteiger partial charge in [0.15, 0.2) is 0 Å². The highest BCUT2D eigenvalue weighted by atomic mass is 19.3. The van der Waals surface area contributed by atoms with Gasteiger partial charge < -0.3 is 10.1 Å². The minimum Gasteiger partial charge on any atom is -0.375 e. The summed E-state index contributed by atoms with van der Waals surface area (Å²) in [5.74, 6) is 0.609. The van der Waals surface area contributed by atoms with Crippen molar-refractivity contribution in [2.75, 3.05) is 13.2 Å². The normalized spacial score (nSPS) is 11.4. The van der Waals surface area contributed by atoms with Gasteiger partial charge in [-0.15, -0.1) is 0 Å². The summed E-state index contributed by atoms with van der Waals surface area (Å²) < 4.78 is 28.4. The molecule has 0 saturated heterocycles. The lowest BCUT2D eigenvalue weighted by molar-refractivity contribution is 0.0183. The Balaban J connectivity index is 2.27. The van der Waals surface area contributed by atoms with Crippen LogP contribution >= 0.6 is 0 Å². The van der Waals surface area contributed by atoms with Gasteiger partial charge in [0.05, 0.1) is 6.61 Å². The zero-order valence-corrected chi connectivity index (χ0v) is 10.7. The number of nitrogens with one attached hydrogen (secondary N) is 1. The fraction of sp³-hybridized carbons (Fsp3) is 0.667. The van der Waals surface area contributed by atoms with E-state index >= 15 is 0 Å². The molecule has 4 nitrogen and oxygen atoms in total. The molecule has 0 spiro atoms. The molecule has 0 bridgehead atoms. The van der Waals surface area contributed by atoms with Crippen LogP contribution in [0.2, 0.25) is 0 Å². The fourth-order valence-electron chi connectivity index (χ4n) is 1.26. The molecule has 1 aromatic rings. The molecule has 1 heterocycles. The number of ether oxygens (including phenoxy) is 1. The van der Waals surface area contributed by atoms with Gasteiger partial charge in [0.1, 0.15) is 12.4 Å². The second-order valence-electron chi connectivity index (χ2n) is 4.26. The van der Waals surface area contributed by atoms with E-state index in [9.17, 15) is 8.78 Å². The van der Waals surface area contributed by atoms with Gasteiger partial charge in [-0.25, -0.2) is 18.7 Å². The Labute approximate surface area is 106 Å². The van der Waals surface area contributed by atoms with Crippen LogP contribution in [0.25, 0.3) is 0 Å². The molecule has 1 rings (SSSR count). The van der Waals surface area contributed by atoms with Crippen molar-refractivity contribution in [3.8, 4) is 0 Å². The van der Waals surface area contributed by atoms with Crippen LogP contribution in [-0.2, 0) is 17.7 Å². The Morgan fingerprint density at radius 2 is 1.94 bits per heavy atom. The van der Waals surface area contributed by atoms with E-state index in [0.717, 1.165) is 12.1 Å². The summed E-state index contributed by atoms with van der Waals surface area (Å²) in [5, 5.41) is 3.26. The molecule has 1 aromatic heterocycles. The SMILES string of the molecule is CC(C)NCc1cnc(CCOCC(F)F)nc1. The molecule has 102 valence electrons. The molecule has 0 amide bonds. The highest BCUT2D eigenvalue weighted by Gasteiger charge is 2.03. The molecule has 0 unspecified atom stereocenters. The molecule has 0 radical (unpaired) electrons. The zero-order valence-electron chi connectivity index (χ0n) is 10.7. The minimum atomic E-state index is -2.42. The van der Waals surface area contributed by atoms with E-state index in [0.29, 0.717) is 18.3 Å². The molecule has 6 heteroatoms. The van der Waals surface area contributed by atoms with Crippen molar-refractivity contribution in [2.24, 2.45) is 0 Å². The number of halogens is 2. The Hall–Kier alpha value is -1.14. The lowest BCUT2D eigenvalue weighted by Crippen LogP contribution is -2.22. The predicted octanol–water partition coefficient (Wildman–Crippen LogP) is 1.80. The van der Waals surface area contributed by atoms with E-state index in [1.165, 1.54) is 0 Å². The summed E-state index contributed by atoms with van der Waals surface area (Å²) in [5.41, 5.74) is 1.00. The first kappa shape index (κ1) is 14.9. The molecule has 1 N–H and O–H groups in total. The third-order valence-electron chi connectivity index (χ3n) is 2.19. The number of hydrogen-bond donors (Lipinski definition) is 1. The van der Waals surface area contributed by atoms with Crippen LogP contribution in [-0.4, -0.2) is 35.6 Å². The van der Waals surface area contributed by atoms with E-state index in [2.05, 4.69) is 29.1 Å². The van der Waals surface area contributed by atoms with Crippen molar-refractivity contribution < 1.29 is 13.5 Å². The van der Waals surface area contributed by atoms with Crippen molar-refractivity contribution in [1.29, 1.82) is 0 Å². The van der Waals surface area contributed by atoms with Crippen LogP contribution in [0.5, 0.6) is 0 Å². The summed E-state index contributed by atoms with van der Waals surface area (Å²) in [7, 11) is 0. The molecule has 0 aromatic carbocycles. The number of hydrogen-bond acceptors (Lipinski definition) is 4. The molecule has 0 fully saturated rings. The molecular weight excluding hydrogens is 240 g/mol. The summed E-state index contributed by atoms with van der Waals surface area (Å²) in [6.45, 7) is 4.54. The van der Waals surface area contributed by atoms with Gasteiger partial charge in [-0.2, -0.15) is 0 Å². The Morgan fingerprint density at radius 3 is 2.50 bits per heavy atom. The number of rotatable bonds is 8. The quantitative estimate of drug-likeness (QED) is 0.723. The van der Waals surface area contributed by atoms with Crippen LogP contribution in [0, 0.1) is 0 Å². The van der Waals surface area contributed by atoms with Gasteiger partial charge in [-0.05, 0) is 0 Å². The maximum Gasteiger partial charge on any atom is 0.261 e. The maximum atomic E-state index is 11.8. The first-order valence-electron chi connectivity index (χ1n) is 5.97. The van der Waals surface area contributed by atoms with Crippen molar-refractivity contribution in [1.82, 2.24) is 15.3 Å². The Bertz CT molecular complexity index is 331. The van der Waals surface area contributed by atoms with Crippen molar-refractivity contribution in [3.05, 3.63) is 23.8 Å². The van der Waals surface area contributed by atoms with Crippen molar-refractivity contribution in [3.63, 3.8) is 0 Å². The van der Waals surface area contributed by atoms with Gasteiger partial charge in [0.2, 0.25) is 0 Å². The van der Waals surface area contributed by atoms with Crippen LogP contribution in [0.3, 0.4) is 0 Å². The lowest BCUT2D eigenvalue weighted by atomic mass is 10.3. The van der Waals surface area contributed by atoms with Gasteiger partial charge in [0, 0.05) is 37.0 Å². The molecule has 0 aliphatic heterocycles. The van der Waals surface area contributed by atoms with Crippen molar-refractivity contribution >= 4 is 0 Å². The van der Waals surface area contributed by atoms with Crippen LogP contribution in [0.1, 0.15) is 25.2 Å². The monoisotopic (exact) mass is 259 g/mol. The highest BCUT2D eigenvalue weighted by molar-refractivity contribution is 5.05. The topological polar surface area (TPSA) is 47.0 Å². The number of alkyl halides is 2. The largest absolute Gasteiger partial charge is 0.375 e. The second-order valence-corrected chi connectivity index (χ2v) is 4.26. The van der Waals surface area contributed by atoms with E-state index in [-0.39, 0.29) is 6.61 Å². The standard InChI is InChI=1S/C12H19F2N3O/c1-9(2)15-5-10-6-16-12(17-7-10)3-4-18-8-11(13)14/h6-7,9,11,15H,3-5,8H2,1-2H3. The van der Waals surface area contributed by atoms with E-state index in [4.69, 9.17) is 4.74 Å². The summed E-state index contributed by atoms with van der Waals surface area (Å²) >= 11 is 0. The summed E-state index contributed by atoms with van der Waals surface area (Å²) in [6, 6.07) is 0.410. The molecule has 0 saturated carbocycles. The fourth-order valence-corrected chi connectivity index (χ4v) is 1.26. The second kappa shape index (κ2) is 8.05. The maximum absolute atomic E-state index is 11.8. The third-order valence-corrected chi connectivity index (χ3v) is 2.19.